The van der Waals surface area contributed by atoms with E-state index in [-0.39, 0.29) is 0 Å². The van der Waals surface area contributed by atoms with Gasteiger partial charge in [0, 0.05) is 30.4 Å². The number of aromatic nitrogens is 6. The van der Waals surface area contributed by atoms with Crippen molar-refractivity contribution in [2.24, 2.45) is 0 Å². The molecule has 0 unspecified atom stereocenters. The van der Waals surface area contributed by atoms with E-state index in [4.69, 9.17) is 34.0 Å². The van der Waals surface area contributed by atoms with Crippen molar-refractivity contribution in [2.75, 3.05) is 33.8 Å². The maximum atomic E-state index is 5.52. The van der Waals surface area contributed by atoms with E-state index >= 15 is 0 Å². The first-order valence-electron chi connectivity index (χ1n) is 13.9. The molecule has 2 aromatic carbocycles. The van der Waals surface area contributed by atoms with Crippen LogP contribution in [0.3, 0.4) is 0 Å². The Labute approximate surface area is 250 Å². The Balaban J connectivity index is 1.43. The van der Waals surface area contributed by atoms with Crippen molar-refractivity contribution in [3.8, 4) is 28.8 Å². The lowest BCUT2D eigenvalue weighted by Gasteiger charge is -2.11. The van der Waals surface area contributed by atoms with Gasteiger partial charge in [-0.2, -0.15) is 9.67 Å². The van der Waals surface area contributed by atoms with Crippen molar-refractivity contribution < 1.29 is 18.9 Å². The molecular formula is C32H35N7O4. The fourth-order valence-electron chi connectivity index (χ4n) is 4.60. The van der Waals surface area contributed by atoms with Crippen LogP contribution >= 0.6 is 0 Å². The summed E-state index contributed by atoms with van der Waals surface area (Å²) in [6, 6.07) is 19.5. The Bertz CT molecular complexity index is 1650. The Morgan fingerprint density at radius 2 is 1.42 bits per heavy atom. The molecule has 0 aliphatic rings. The van der Waals surface area contributed by atoms with E-state index in [2.05, 4.69) is 15.3 Å². The zero-order valence-corrected chi connectivity index (χ0v) is 25.0. The van der Waals surface area contributed by atoms with Crippen molar-refractivity contribution in [3.05, 3.63) is 101 Å². The monoisotopic (exact) mass is 581 g/mol. The summed E-state index contributed by atoms with van der Waals surface area (Å²) in [4.78, 5) is 18.7. The highest BCUT2D eigenvalue weighted by atomic mass is 16.5. The van der Waals surface area contributed by atoms with Gasteiger partial charge >= 0.3 is 0 Å². The largest absolute Gasteiger partial charge is 0.497 e. The zero-order chi connectivity index (χ0) is 30.2. The lowest BCUT2D eigenvalue weighted by Crippen LogP contribution is -2.10. The van der Waals surface area contributed by atoms with Gasteiger partial charge in [0.2, 0.25) is 5.95 Å². The standard InChI is InChI=1S/C32H35N7O4/c1-21-35-25(10-9-24-11-14-27(41-3)20-33-24)18-31(36-21)39-30(17-23-8-15-28(42-4)29(16-23)43-5)37-32(38-39)34-19-22-6-12-26(40-2)13-7-22/h6-8,11-16,18,20H,9-10,17,19H2,1-5H3,(H,34,38). The number of aryl methyl sites for hydroxylation is 3. The first kappa shape index (κ1) is 29.3. The second kappa shape index (κ2) is 13.6. The fraction of sp³-hybridized carbons (Fsp3) is 0.281. The molecule has 0 aliphatic carbocycles. The molecule has 5 rings (SSSR count). The minimum absolute atomic E-state index is 0.492. The molecule has 5 aromatic rings. The van der Waals surface area contributed by atoms with Crippen LogP contribution in [0.5, 0.6) is 23.0 Å². The molecule has 3 aromatic heterocycles. The molecular weight excluding hydrogens is 546 g/mol. The van der Waals surface area contributed by atoms with E-state index in [1.165, 1.54) is 0 Å². The van der Waals surface area contributed by atoms with Crippen LogP contribution in [0.4, 0.5) is 5.95 Å². The summed E-state index contributed by atoms with van der Waals surface area (Å²) in [6.45, 7) is 2.43. The Morgan fingerprint density at radius 1 is 0.698 bits per heavy atom. The number of hydrogen-bond acceptors (Lipinski definition) is 10. The molecule has 0 spiro atoms. The number of methoxy groups -OCH3 is 4. The number of nitrogens with one attached hydrogen (secondary N) is 1. The number of anilines is 1. The molecule has 1 N–H and O–H groups in total. The van der Waals surface area contributed by atoms with Gasteiger partial charge in [0.1, 0.15) is 23.1 Å². The highest BCUT2D eigenvalue weighted by Crippen LogP contribution is 2.29. The Hall–Kier alpha value is -5.19. The van der Waals surface area contributed by atoms with Crippen LogP contribution in [0, 0.1) is 6.92 Å². The van der Waals surface area contributed by atoms with Gasteiger partial charge in [-0.1, -0.05) is 18.2 Å². The van der Waals surface area contributed by atoms with Crippen molar-refractivity contribution in [1.29, 1.82) is 0 Å². The number of rotatable bonds is 13. The third kappa shape index (κ3) is 7.37. The molecule has 0 atom stereocenters. The van der Waals surface area contributed by atoms with Crippen molar-refractivity contribution in [1.82, 2.24) is 29.7 Å². The molecule has 0 saturated heterocycles. The highest BCUT2D eigenvalue weighted by Gasteiger charge is 2.17. The predicted octanol–water partition coefficient (Wildman–Crippen LogP) is 4.78. The summed E-state index contributed by atoms with van der Waals surface area (Å²) in [7, 11) is 6.53. The molecule has 0 bridgehead atoms. The quantitative estimate of drug-likeness (QED) is 0.208. The third-order valence-corrected chi connectivity index (χ3v) is 6.86. The summed E-state index contributed by atoms with van der Waals surface area (Å²) in [5, 5.41) is 8.17. The van der Waals surface area contributed by atoms with Crippen LogP contribution in [0.15, 0.2) is 66.9 Å². The molecule has 0 radical (unpaired) electrons. The SMILES string of the molecule is COc1ccc(CNc2nc(Cc3ccc(OC)c(OC)c3)n(-c3cc(CCc4ccc(OC)cn4)nc(C)n3)n2)cc1. The minimum atomic E-state index is 0.492. The fourth-order valence-corrected chi connectivity index (χ4v) is 4.60. The molecule has 222 valence electrons. The Kier molecular flexibility index (Phi) is 9.30. The first-order chi connectivity index (χ1) is 21.0. The Morgan fingerprint density at radius 3 is 2.12 bits per heavy atom. The number of benzene rings is 2. The average Bonchev–Trinajstić information content (AvgIpc) is 3.45. The van der Waals surface area contributed by atoms with Crippen molar-refractivity contribution in [2.45, 2.75) is 32.7 Å². The van der Waals surface area contributed by atoms with Gasteiger partial charge in [-0.05, 0) is 67.3 Å². The van der Waals surface area contributed by atoms with Crippen LogP contribution in [-0.4, -0.2) is 58.2 Å². The molecule has 0 amide bonds. The van der Waals surface area contributed by atoms with E-state index in [0.29, 0.717) is 54.3 Å². The summed E-state index contributed by atoms with van der Waals surface area (Å²) in [5.74, 6) is 5.35. The topological polar surface area (TPSA) is 118 Å². The lowest BCUT2D eigenvalue weighted by atomic mass is 10.1. The van der Waals surface area contributed by atoms with Crippen LogP contribution in [0.2, 0.25) is 0 Å². The van der Waals surface area contributed by atoms with Crippen molar-refractivity contribution in [3.63, 3.8) is 0 Å². The van der Waals surface area contributed by atoms with E-state index in [0.717, 1.165) is 40.4 Å². The highest BCUT2D eigenvalue weighted by molar-refractivity contribution is 5.44. The van der Waals surface area contributed by atoms with Gasteiger partial charge < -0.3 is 24.3 Å². The normalized spacial score (nSPS) is 10.8. The van der Waals surface area contributed by atoms with Crippen LogP contribution in [0.1, 0.15) is 34.2 Å². The molecule has 3 heterocycles. The van der Waals surface area contributed by atoms with Crippen LogP contribution in [0.25, 0.3) is 5.82 Å². The van der Waals surface area contributed by atoms with Crippen molar-refractivity contribution >= 4 is 5.95 Å². The number of pyridine rings is 1. The average molecular weight is 582 g/mol. The van der Waals surface area contributed by atoms with Gasteiger partial charge in [-0.3, -0.25) is 4.98 Å². The second-order valence-electron chi connectivity index (χ2n) is 9.79. The van der Waals surface area contributed by atoms with Gasteiger partial charge in [0.05, 0.1) is 34.6 Å². The number of hydrogen-bond donors (Lipinski definition) is 1. The molecule has 0 saturated carbocycles. The molecule has 11 heteroatoms. The summed E-state index contributed by atoms with van der Waals surface area (Å²) < 4.78 is 23.2. The summed E-state index contributed by atoms with van der Waals surface area (Å²) >= 11 is 0. The number of ether oxygens (including phenoxy) is 4. The summed E-state index contributed by atoms with van der Waals surface area (Å²) in [6.07, 6.45) is 3.64. The zero-order valence-electron chi connectivity index (χ0n) is 25.0. The third-order valence-electron chi connectivity index (χ3n) is 6.86. The van der Waals surface area contributed by atoms with E-state index in [9.17, 15) is 0 Å². The predicted molar refractivity (Wildman–Crippen MR) is 163 cm³/mol. The number of nitrogens with zero attached hydrogens (tertiary/aromatic N) is 6. The van der Waals surface area contributed by atoms with Gasteiger partial charge in [0.25, 0.3) is 0 Å². The van der Waals surface area contributed by atoms with Gasteiger partial charge in [-0.25, -0.2) is 9.97 Å². The van der Waals surface area contributed by atoms with Gasteiger partial charge in [0.15, 0.2) is 17.3 Å². The van der Waals surface area contributed by atoms with E-state index in [1.54, 1.807) is 39.3 Å². The van der Waals surface area contributed by atoms with E-state index in [1.807, 2.05) is 67.6 Å². The maximum Gasteiger partial charge on any atom is 0.243 e. The lowest BCUT2D eigenvalue weighted by molar-refractivity contribution is 0.354. The minimum Gasteiger partial charge on any atom is -0.497 e. The maximum absolute atomic E-state index is 5.52. The first-order valence-corrected chi connectivity index (χ1v) is 13.9. The van der Waals surface area contributed by atoms with E-state index < -0.39 is 0 Å². The molecule has 11 nitrogen and oxygen atoms in total. The summed E-state index contributed by atoms with van der Waals surface area (Å²) in [5.41, 5.74) is 3.91. The smallest absolute Gasteiger partial charge is 0.243 e. The van der Waals surface area contributed by atoms with Gasteiger partial charge in [-0.15, -0.1) is 5.10 Å². The molecule has 0 fully saturated rings. The second-order valence-corrected chi connectivity index (χ2v) is 9.79. The van der Waals surface area contributed by atoms with Crippen LogP contribution < -0.4 is 24.3 Å². The molecule has 43 heavy (non-hydrogen) atoms. The molecule has 0 aliphatic heterocycles. The van der Waals surface area contributed by atoms with Crippen LogP contribution in [-0.2, 0) is 25.8 Å².